The number of carbonyl (C=O) groups is 1. The standard InChI is InChI=1S/C25H30BrN3O4/c1-4-14-25(24(31)29-28-17(2)3)22(20-8-5-6-9-21(20)26)33-23(27-25)18-10-12-19(13-11-18)32-16-7-15-30/h4-6,8-13,17,22,28,30H,1,7,14-16H2,2-3H3,(H,29,31)/t22-,25-/m0/s1. The first-order chi connectivity index (χ1) is 15.9. The van der Waals surface area contributed by atoms with Gasteiger partial charge in [0.05, 0.1) is 6.61 Å². The fraction of sp³-hybridized carbons (Fsp3) is 0.360. The van der Waals surface area contributed by atoms with Crippen molar-refractivity contribution in [3.05, 3.63) is 76.8 Å². The van der Waals surface area contributed by atoms with Crippen LogP contribution in [0.1, 0.15) is 43.9 Å². The highest BCUT2D eigenvalue weighted by molar-refractivity contribution is 9.10. The summed E-state index contributed by atoms with van der Waals surface area (Å²) in [5, 5.41) is 8.92. The van der Waals surface area contributed by atoms with E-state index in [0.717, 1.165) is 15.6 Å². The van der Waals surface area contributed by atoms with Gasteiger partial charge >= 0.3 is 0 Å². The molecule has 8 heteroatoms. The van der Waals surface area contributed by atoms with Crippen LogP contribution in [0.2, 0.25) is 0 Å². The third kappa shape index (κ3) is 5.82. The minimum absolute atomic E-state index is 0.0563. The molecule has 1 aliphatic rings. The number of nitrogens with zero attached hydrogens (tertiary/aromatic N) is 1. The molecule has 0 saturated heterocycles. The van der Waals surface area contributed by atoms with E-state index in [2.05, 4.69) is 33.4 Å². The summed E-state index contributed by atoms with van der Waals surface area (Å²) in [6.07, 6.45) is 1.88. The normalized spacial score (nSPS) is 19.7. The second-order valence-electron chi connectivity index (χ2n) is 8.06. The molecule has 7 nitrogen and oxygen atoms in total. The number of aliphatic imine (C=N–C) groups is 1. The Kier molecular flexibility index (Phi) is 8.66. The van der Waals surface area contributed by atoms with Crippen molar-refractivity contribution in [2.45, 2.75) is 44.4 Å². The molecule has 0 fully saturated rings. The van der Waals surface area contributed by atoms with Gasteiger partial charge in [-0.2, -0.15) is 0 Å². The minimum atomic E-state index is -1.24. The molecule has 0 aliphatic carbocycles. The van der Waals surface area contributed by atoms with Crippen molar-refractivity contribution in [1.29, 1.82) is 0 Å². The molecule has 3 N–H and O–H groups in total. The molecule has 2 aromatic rings. The molecule has 176 valence electrons. The smallest absolute Gasteiger partial charge is 0.266 e. The maximum atomic E-state index is 13.5. The third-order valence-electron chi connectivity index (χ3n) is 5.15. The number of aliphatic hydroxyl groups excluding tert-OH is 1. The summed E-state index contributed by atoms with van der Waals surface area (Å²) < 4.78 is 12.8. The summed E-state index contributed by atoms with van der Waals surface area (Å²) in [5.74, 6) is 0.763. The van der Waals surface area contributed by atoms with E-state index in [0.29, 0.717) is 24.7 Å². The Bertz CT molecular complexity index is 993. The number of hydrogen-bond donors (Lipinski definition) is 3. The van der Waals surface area contributed by atoms with Crippen LogP contribution in [0.5, 0.6) is 5.75 Å². The predicted octanol–water partition coefficient (Wildman–Crippen LogP) is 4.07. The zero-order valence-electron chi connectivity index (χ0n) is 18.9. The number of amides is 1. The molecule has 0 spiro atoms. The Morgan fingerprint density at radius 2 is 2.03 bits per heavy atom. The van der Waals surface area contributed by atoms with Crippen molar-refractivity contribution in [1.82, 2.24) is 10.9 Å². The van der Waals surface area contributed by atoms with Crippen LogP contribution in [0.25, 0.3) is 0 Å². The lowest BCUT2D eigenvalue weighted by Gasteiger charge is -2.30. The van der Waals surface area contributed by atoms with E-state index in [9.17, 15) is 4.79 Å². The number of carbonyl (C=O) groups excluding carboxylic acids is 1. The highest BCUT2D eigenvalue weighted by Gasteiger charge is 2.53. The summed E-state index contributed by atoms with van der Waals surface area (Å²) in [7, 11) is 0. The fourth-order valence-electron chi connectivity index (χ4n) is 3.52. The van der Waals surface area contributed by atoms with Gasteiger partial charge in [0.2, 0.25) is 5.90 Å². The fourth-order valence-corrected chi connectivity index (χ4v) is 4.01. The molecule has 1 aliphatic heterocycles. The van der Waals surface area contributed by atoms with Crippen LogP contribution in [-0.2, 0) is 9.53 Å². The Morgan fingerprint density at radius 1 is 1.30 bits per heavy atom. The average Bonchev–Trinajstić information content (AvgIpc) is 3.19. The zero-order valence-corrected chi connectivity index (χ0v) is 20.5. The van der Waals surface area contributed by atoms with E-state index in [1.807, 2.05) is 62.4 Å². The molecule has 0 bridgehead atoms. The van der Waals surface area contributed by atoms with Crippen LogP contribution in [0.3, 0.4) is 0 Å². The molecule has 1 amide bonds. The monoisotopic (exact) mass is 515 g/mol. The van der Waals surface area contributed by atoms with Gasteiger partial charge in [-0.1, -0.05) is 40.2 Å². The molecule has 2 aromatic carbocycles. The number of benzene rings is 2. The van der Waals surface area contributed by atoms with Gasteiger partial charge in [0.1, 0.15) is 5.75 Å². The van der Waals surface area contributed by atoms with Crippen LogP contribution in [0.15, 0.2) is 70.7 Å². The Balaban J connectivity index is 1.98. The molecule has 0 unspecified atom stereocenters. The second kappa shape index (κ2) is 11.4. The van der Waals surface area contributed by atoms with Gasteiger partial charge in [0.15, 0.2) is 11.6 Å². The Morgan fingerprint density at radius 3 is 2.67 bits per heavy atom. The largest absolute Gasteiger partial charge is 0.494 e. The number of halogens is 1. The number of rotatable bonds is 11. The van der Waals surface area contributed by atoms with Gasteiger partial charge in [-0.3, -0.25) is 10.2 Å². The number of nitrogens with one attached hydrogen (secondary N) is 2. The van der Waals surface area contributed by atoms with Crippen molar-refractivity contribution in [3.8, 4) is 5.75 Å². The molecule has 1 heterocycles. The summed E-state index contributed by atoms with van der Waals surface area (Å²) in [6, 6.07) is 15.0. The maximum absolute atomic E-state index is 13.5. The van der Waals surface area contributed by atoms with E-state index in [1.165, 1.54) is 0 Å². The molecular formula is C25H30BrN3O4. The van der Waals surface area contributed by atoms with Crippen molar-refractivity contribution in [2.24, 2.45) is 4.99 Å². The van der Waals surface area contributed by atoms with Gasteiger partial charge in [-0.05, 0) is 44.2 Å². The summed E-state index contributed by atoms with van der Waals surface area (Å²) in [6.45, 7) is 8.27. The molecule has 3 rings (SSSR count). The lowest BCUT2D eigenvalue weighted by molar-refractivity contribution is -0.130. The molecule has 2 atom stereocenters. The van der Waals surface area contributed by atoms with E-state index < -0.39 is 11.6 Å². The summed E-state index contributed by atoms with van der Waals surface area (Å²) in [5.41, 5.74) is 6.09. The van der Waals surface area contributed by atoms with Crippen LogP contribution >= 0.6 is 15.9 Å². The lowest BCUT2D eigenvalue weighted by atomic mass is 9.84. The Labute approximate surface area is 203 Å². The summed E-state index contributed by atoms with van der Waals surface area (Å²) >= 11 is 3.60. The van der Waals surface area contributed by atoms with Crippen molar-refractivity contribution >= 4 is 27.7 Å². The molecule has 0 saturated carbocycles. The first-order valence-corrected chi connectivity index (χ1v) is 11.7. The molecular weight excluding hydrogens is 486 g/mol. The third-order valence-corrected chi connectivity index (χ3v) is 5.87. The van der Waals surface area contributed by atoms with Gasteiger partial charge in [-0.15, -0.1) is 6.58 Å². The van der Waals surface area contributed by atoms with Gasteiger partial charge in [-0.25, -0.2) is 10.4 Å². The van der Waals surface area contributed by atoms with Crippen molar-refractivity contribution in [3.63, 3.8) is 0 Å². The van der Waals surface area contributed by atoms with Crippen molar-refractivity contribution in [2.75, 3.05) is 13.2 Å². The predicted molar refractivity (Wildman–Crippen MR) is 132 cm³/mol. The number of hydrogen-bond acceptors (Lipinski definition) is 6. The van der Waals surface area contributed by atoms with E-state index in [1.54, 1.807) is 6.08 Å². The van der Waals surface area contributed by atoms with Crippen LogP contribution < -0.4 is 15.6 Å². The maximum Gasteiger partial charge on any atom is 0.266 e. The van der Waals surface area contributed by atoms with Crippen LogP contribution in [-0.4, -0.2) is 41.7 Å². The molecule has 33 heavy (non-hydrogen) atoms. The first-order valence-electron chi connectivity index (χ1n) is 10.9. The van der Waals surface area contributed by atoms with Crippen LogP contribution in [0.4, 0.5) is 0 Å². The summed E-state index contributed by atoms with van der Waals surface area (Å²) in [4.78, 5) is 18.3. The zero-order chi connectivity index (χ0) is 23.8. The quantitative estimate of drug-likeness (QED) is 0.238. The van der Waals surface area contributed by atoms with Gasteiger partial charge in [0, 0.05) is 41.1 Å². The lowest BCUT2D eigenvalue weighted by Crippen LogP contribution is -2.54. The van der Waals surface area contributed by atoms with E-state index >= 15 is 0 Å². The minimum Gasteiger partial charge on any atom is -0.494 e. The topological polar surface area (TPSA) is 92.2 Å². The molecule has 0 aromatic heterocycles. The molecule has 0 radical (unpaired) electrons. The van der Waals surface area contributed by atoms with E-state index in [-0.39, 0.29) is 25.0 Å². The second-order valence-corrected chi connectivity index (χ2v) is 8.91. The Hall–Kier alpha value is -2.68. The first kappa shape index (κ1) is 25.0. The van der Waals surface area contributed by atoms with E-state index in [4.69, 9.17) is 19.6 Å². The van der Waals surface area contributed by atoms with Crippen molar-refractivity contribution < 1.29 is 19.4 Å². The number of hydrazine groups is 1. The van der Waals surface area contributed by atoms with Crippen LogP contribution in [0, 0.1) is 0 Å². The number of ether oxygens (including phenoxy) is 2. The van der Waals surface area contributed by atoms with Gasteiger partial charge < -0.3 is 14.6 Å². The highest BCUT2D eigenvalue weighted by atomic mass is 79.9. The number of aliphatic hydroxyl groups is 1. The van der Waals surface area contributed by atoms with Gasteiger partial charge in [0.25, 0.3) is 5.91 Å². The average molecular weight is 516 g/mol. The highest BCUT2D eigenvalue weighted by Crippen LogP contribution is 2.44. The SMILES string of the molecule is C=CC[C@]1(C(=O)NNC(C)C)N=C(c2ccc(OCCCO)cc2)O[C@H]1c1ccccc1Br.